The van der Waals surface area contributed by atoms with E-state index < -0.39 is 5.60 Å². The van der Waals surface area contributed by atoms with Crippen molar-refractivity contribution in [2.75, 3.05) is 13.2 Å². The maximum atomic E-state index is 11.1. The lowest BCUT2D eigenvalue weighted by molar-refractivity contribution is 0.0526. The summed E-state index contributed by atoms with van der Waals surface area (Å²) >= 11 is 0. The smallest absolute Gasteiger partial charge is 0.407 e. The van der Waals surface area contributed by atoms with Gasteiger partial charge in [0.15, 0.2) is 0 Å². The molecular formula is C15H33NO3. The van der Waals surface area contributed by atoms with Crippen molar-refractivity contribution in [3.8, 4) is 0 Å². The SMILES string of the molecule is CC(C)CCNC(=O)OC(C)(C)C.CC(C)CCO. The normalized spacial score (nSPS) is 11.1. The third kappa shape index (κ3) is 22.8. The molecule has 0 aliphatic carbocycles. The first-order valence-corrected chi connectivity index (χ1v) is 7.16. The van der Waals surface area contributed by atoms with Gasteiger partial charge in [0.05, 0.1) is 0 Å². The van der Waals surface area contributed by atoms with Crippen molar-refractivity contribution >= 4 is 6.09 Å². The van der Waals surface area contributed by atoms with Gasteiger partial charge in [-0.2, -0.15) is 0 Å². The van der Waals surface area contributed by atoms with Gasteiger partial charge in [0.1, 0.15) is 5.60 Å². The molecule has 4 heteroatoms. The van der Waals surface area contributed by atoms with E-state index in [4.69, 9.17) is 9.84 Å². The van der Waals surface area contributed by atoms with Gasteiger partial charge in [-0.05, 0) is 45.4 Å². The minimum absolute atomic E-state index is 0.326. The van der Waals surface area contributed by atoms with E-state index in [2.05, 4.69) is 33.0 Å². The number of amides is 1. The van der Waals surface area contributed by atoms with Gasteiger partial charge in [0.25, 0.3) is 0 Å². The first-order chi connectivity index (χ1) is 8.58. The van der Waals surface area contributed by atoms with Crippen molar-refractivity contribution in [3.05, 3.63) is 0 Å². The minimum atomic E-state index is -0.401. The van der Waals surface area contributed by atoms with E-state index in [-0.39, 0.29) is 6.09 Å². The molecule has 0 aromatic heterocycles. The van der Waals surface area contributed by atoms with E-state index in [1.54, 1.807) is 0 Å². The van der Waals surface area contributed by atoms with E-state index in [0.717, 1.165) is 12.8 Å². The van der Waals surface area contributed by atoms with E-state index in [1.165, 1.54) is 0 Å². The maximum Gasteiger partial charge on any atom is 0.407 e. The molecule has 0 heterocycles. The van der Waals surface area contributed by atoms with Gasteiger partial charge in [0, 0.05) is 13.2 Å². The Morgan fingerprint density at radius 2 is 1.58 bits per heavy atom. The Hall–Kier alpha value is -0.770. The van der Waals surface area contributed by atoms with Gasteiger partial charge < -0.3 is 15.2 Å². The van der Waals surface area contributed by atoms with Crippen LogP contribution in [0.3, 0.4) is 0 Å². The molecule has 0 aromatic carbocycles. The second-order valence-electron chi connectivity index (χ2n) is 6.52. The monoisotopic (exact) mass is 275 g/mol. The molecule has 4 nitrogen and oxygen atoms in total. The molecule has 19 heavy (non-hydrogen) atoms. The summed E-state index contributed by atoms with van der Waals surface area (Å²) in [5, 5.41) is 10.9. The Balaban J connectivity index is 0. The van der Waals surface area contributed by atoms with Gasteiger partial charge in [0.2, 0.25) is 0 Å². The number of hydrogen-bond acceptors (Lipinski definition) is 3. The van der Waals surface area contributed by atoms with E-state index >= 15 is 0 Å². The largest absolute Gasteiger partial charge is 0.444 e. The van der Waals surface area contributed by atoms with Crippen LogP contribution in [0.2, 0.25) is 0 Å². The van der Waals surface area contributed by atoms with Crippen LogP contribution in [0.5, 0.6) is 0 Å². The highest BCUT2D eigenvalue weighted by Crippen LogP contribution is 2.06. The lowest BCUT2D eigenvalue weighted by Crippen LogP contribution is -2.33. The number of hydrogen-bond donors (Lipinski definition) is 2. The van der Waals surface area contributed by atoms with Crippen LogP contribution in [-0.2, 0) is 4.74 Å². The number of aliphatic hydroxyl groups excluding tert-OH is 1. The van der Waals surface area contributed by atoms with Crippen LogP contribution in [0.4, 0.5) is 4.79 Å². The summed E-state index contributed by atoms with van der Waals surface area (Å²) in [5.41, 5.74) is -0.401. The molecule has 2 N–H and O–H groups in total. The number of rotatable bonds is 5. The van der Waals surface area contributed by atoms with Crippen molar-refractivity contribution < 1.29 is 14.6 Å². The molecule has 0 saturated carbocycles. The second-order valence-corrected chi connectivity index (χ2v) is 6.52. The lowest BCUT2D eigenvalue weighted by atomic mass is 10.1. The fraction of sp³-hybridized carbons (Fsp3) is 0.933. The van der Waals surface area contributed by atoms with Crippen LogP contribution in [0.25, 0.3) is 0 Å². The van der Waals surface area contributed by atoms with E-state index in [9.17, 15) is 4.79 Å². The standard InChI is InChI=1S/C10H21NO2.C5H12O/c1-8(2)6-7-11-9(12)13-10(3,4)5;1-5(2)3-4-6/h8H,6-7H2,1-5H3,(H,11,12);5-6H,3-4H2,1-2H3. The third-order valence-corrected chi connectivity index (χ3v) is 2.10. The van der Waals surface area contributed by atoms with Gasteiger partial charge in [-0.25, -0.2) is 4.79 Å². The fourth-order valence-electron chi connectivity index (χ4n) is 1.04. The third-order valence-electron chi connectivity index (χ3n) is 2.10. The Kier molecular flexibility index (Phi) is 12.0. The summed E-state index contributed by atoms with van der Waals surface area (Å²) in [5.74, 6) is 1.25. The molecule has 1 amide bonds. The highest BCUT2D eigenvalue weighted by atomic mass is 16.6. The number of nitrogens with one attached hydrogen (secondary N) is 1. The van der Waals surface area contributed by atoms with Crippen LogP contribution in [0, 0.1) is 11.8 Å². The van der Waals surface area contributed by atoms with Crippen LogP contribution in [0.15, 0.2) is 0 Å². The molecule has 0 aromatic rings. The van der Waals surface area contributed by atoms with E-state index in [0.29, 0.717) is 25.0 Å². The van der Waals surface area contributed by atoms with Crippen molar-refractivity contribution in [1.29, 1.82) is 0 Å². The molecule has 0 atom stereocenters. The van der Waals surface area contributed by atoms with Crippen molar-refractivity contribution in [3.63, 3.8) is 0 Å². The topological polar surface area (TPSA) is 58.6 Å². The number of aliphatic hydroxyl groups is 1. The summed E-state index contributed by atoms with van der Waals surface area (Å²) in [6.07, 6.45) is 1.59. The zero-order valence-corrected chi connectivity index (χ0v) is 13.7. The van der Waals surface area contributed by atoms with Gasteiger partial charge in [-0.15, -0.1) is 0 Å². The van der Waals surface area contributed by atoms with Crippen LogP contribution >= 0.6 is 0 Å². The van der Waals surface area contributed by atoms with Crippen LogP contribution in [0.1, 0.15) is 61.3 Å². The average molecular weight is 275 g/mol. The lowest BCUT2D eigenvalue weighted by Gasteiger charge is -2.19. The van der Waals surface area contributed by atoms with Crippen LogP contribution < -0.4 is 5.32 Å². The van der Waals surface area contributed by atoms with Gasteiger partial charge >= 0.3 is 6.09 Å². The molecular weight excluding hydrogens is 242 g/mol. The number of alkyl carbamates (subject to hydrolysis) is 1. The highest BCUT2D eigenvalue weighted by molar-refractivity contribution is 5.67. The Morgan fingerprint density at radius 3 is 1.84 bits per heavy atom. The van der Waals surface area contributed by atoms with Crippen molar-refractivity contribution in [2.24, 2.45) is 11.8 Å². The predicted molar refractivity (Wildman–Crippen MR) is 80.2 cm³/mol. The molecule has 0 unspecified atom stereocenters. The number of ether oxygens (including phenoxy) is 1. The first kappa shape index (κ1) is 20.5. The summed E-state index contributed by atoms with van der Waals surface area (Å²) in [6.45, 7) is 15.0. The molecule has 0 spiro atoms. The zero-order valence-electron chi connectivity index (χ0n) is 13.7. The summed E-state index contributed by atoms with van der Waals surface area (Å²) in [7, 11) is 0. The van der Waals surface area contributed by atoms with E-state index in [1.807, 2.05) is 20.8 Å². The molecule has 0 saturated heterocycles. The molecule has 0 radical (unpaired) electrons. The first-order valence-electron chi connectivity index (χ1n) is 7.16. The Morgan fingerprint density at radius 1 is 1.11 bits per heavy atom. The molecule has 0 bridgehead atoms. The molecule has 0 aliphatic rings. The summed E-state index contributed by atoms with van der Waals surface area (Å²) < 4.78 is 5.07. The summed E-state index contributed by atoms with van der Waals surface area (Å²) in [6, 6.07) is 0. The zero-order chi connectivity index (χ0) is 15.5. The quantitative estimate of drug-likeness (QED) is 0.806. The molecule has 0 aliphatic heterocycles. The van der Waals surface area contributed by atoms with Gasteiger partial charge in [-0.1, -0.05) is 27.7 Å². The minimum Gasteiger partial charge on any atom is -0.444 e. The van der Waals surface area contributed by atoms with Crippen molar-refractivity contribution in [1.82, 2.24) is 5.32 Å². The fourth-order valence-corrected chi connectivity index (χ4v) is 1.04. The Bertz CT molecular complexity index is 220. The average Bonchev–Trinajstić information content (AvgIpc) is 2.14. The summed E-state index contributed by atoms with van der Waals surface area (Å²) in [4.78, 5) is 11.1. The predicted octanol–water partition coefficient (Wildman–Crippen LogP) is 3.58. The van der Waals surface area contributed by atoms with Gasteiger partial charge in [-0.3, -0.25) is 0 Å². The molecule has 0 rings (SSSR count). The highest BCUT2D eigenvalue weighted by Gasteiger charge is 2.15. The molecule has 0 fully saturated rings. The van der Waals surface area contributed by atoms with Crippen molar-refractivity contribution in [2.45, 2.75) is 66.9 Å². The number of carbonyl (C=O) groups is 1. The maximum absolute atomic E-state index is 11.1. The molecule has 116 valence electrons. The second kappa shape index (κ2) is 11.1. The van der Waals surface area contributed by atoms with Crippen LogP contribution in [-0.4, -0.2) is 30.0 Å². The Labute approximate surface area is 118 Å². The number of carbonyl (C=O) groups excluding carboxylic acids is 1.